The summed E-state index contributed by atoms with van der Waals surface area (Å²) in [6.45, 7) is 2.60. The Bertz CT molecular complexity index is 504. The van der Waals surface area contributed by atoms with Crippen molar-refractivity contribution in [2.24, 2.45) is 0 Å². The van der Waals surface area contributed by atoms with Crippen molar-refractivity contribution in [3.8, 4) is 5.69 Å². The summed E-state index contributed by atoms with van der Waals surface area (Å²) in [6, 6.07) is 8.89. The van der Waals surface area contributed by atoms with E-state index in [1.54, 1.807) is 6.20 Å². The molecule has 1 aromatic carbocycles. The molecule has 1 aliphatic heterocycles. The van der Waals surface area contributed by atoms with E-state index < -0.39 is 0 Å². The highest BCUT2D eigenvalue weighted by atomic mass is 16.5. The molecule has 0 amide bonds. The van der Waals surface area contributed by atoms with Crippen molar-refractivity contribution in [2.45, 2.75) is 25.4 Å². The highest BCUT2D eigenvalue weighted by Gasteiger charge is 2.13. The summed E-state index contributed by atoms with van der Waals surface area (Å²) in [5, 5.41) is 3.58. The number of ether oxygens (including phenoxy) is 1. The summed E-state index contributed by atoms with van der Waals surface area (Å²) in [7, 11) is 0. The molecule has 0 aliphatic carbocycles. The van der Waals surface area contributed by atoms with Crippen LogP contribution in [0, 0.1) is 0 Å². The van der Waals surface area contributed by atoms with Gasteiger partial charge in [-0.1, -0.05) is 18.2 Å². The zero-order valence-electron chi connectivity index (χ0n) is 11.0. The number of hydrogen-bond acceptors (Lipinski definition) is 3. The molecule has 1 saturated heterocycles. The third-order valence-corrected chi connectivity index (χ3v) is 3.52. The minimum Gasteiger partial charge on any atom is -0.380 e. The van der Waals surface area contributed by atoms with Crippen molar-refractivity contribution in [3.05, 3.63) is 48.5 Å². The third kappa shape index (κ3) is 3.03. The molecule has 0 spiro atoms. The minimum atomic E-state index is 0.476. The van der Waals surface area contributed by atoms with Crippen LogP contribution in [-0.2, 0) is 11.3 Å². The fraction of sp³-hybridized carbons (Fsp3) is 0.400. The molecule has 1 unspecified atom stereocenters. The summed E-state index contributed by atoms with van der Waals surface area (Å²) in [4.78, 5) is 4.11. The van der Waals surface area contributed by atoms with Crippen LogP contribution in [-0.4, -0.2) is 28.8 Å². The first kappa shape index (κ1) is 12.4. The van der Waals surface area contributed by atoms with Crippen molar-refractivity contribution in [2.75, 3.05) is 13.2 Å². The molecule has 0 saturated carbocycles. The number of rotatable bonds is 4. The largest absolute Gasteiger partial charge is 0.380 e. The Balaban J connectivity index is 1.70. The standard InChI is InChI=1S/C15H19N3O/c1-2-6-15(18-8-7-16-12-18)13(4-1)10-17-14-5-3-9-19-11-14/h1-2,4,6-8,12,14,17H,3,5,9-11H2. The van der Waals surface area contributed by atoms with E-state index in [-0.39, 0.29) is 0 Å². The maximum absolute atomic E-state index is 5.50. The van der Waals surface area contributed by atoms with Crippen LogP contribution < -0.4 is 5.32 Å². The van der Waals surface area contributed by atoms with Gasteiger partial charge in [0.05, 0.1) is 18.6 Å². The van der Waals surface area contributed by atoms with Gasteiger partial charge in [-0.15, -0.1) is 0 Å². The Morgan fingerprint density at radius 3 is 3.11 bits per heavy atom. The molecule has 0 bridgehead atoms. The molecule has 4 nitrogen and oxygen atoms in total. The summed E-state index contributed by atoms with van der Waals surface area (Å²) >= 11 is 0. The van der Waals surface area contributed by atoms with Crippen LogP contribution in [0.4, 0.5) is 0 Å². The summed E-state index contributed by atoms with van der Waals surface area (Å²) in [5.74, 6) is 0. The smallest absolute Gasteiger partial charge is 0.0991 e. The number of imidazole rings is 1. The van der Waals surface area contributed by atoms with E-state index in [9.17, 15) is 0 Å². The van der Waals surface area contributed by atoms with Crippen molar-refractivity contribution in [1.29, 1.82) is 0 Å². The average molecular weight is 257 g/mol. The number of aromatic nitrogens is 2. The molecule has 1 atom stereocenters. The van der Waals surface area contributed by atoms with Crippen LogP contribution >= 0.6 is 0 Å². The zero-order valence-corrected chi connectivity index (χ0v) is 11.0. The molecule has 100 valence electrons. The average Bonchev–Trinajstić information content (AvgIpc) is 3.01. The first-order chi connectivity index (χ1) is 9.43. The molecular formula is C15H19N3O. The number of nitrogens with zero attached hydrogens (tertiary/aromatic N) is 2. The Hall–Kier alpha value is -1.65. The second-order valence-electron chi connectivity index (χ2n) is 4.89. The molecule has 2 aromatic rings. The van der Waals surface area contributed by atoms with Crippen molar-refractivity contribution < 1.29 is 4.74 Å². The van der Waals surface area contributed by atoms with Crippen LogP contribution in [0.3, 0.4) is 0 Å². The lowest BCUT2D eigenvalue weighted by Crippen LogP contribution is -2.36. The van der Waals surface area contributed by atoms with Gasteiger partial charge in [-0.3, -0.25) is 0 Å². The lowest BCUT2D eigenvalue weighted by Gasteiger charge is -2.23. The molecule has 1 N–H and O–H groups in total. The first-order valence-corrected chi connectivity index (χ1v) is 6.81. The molecule has 1 aromatic heterocycles. The van der Waals surface area contributed by atoms with E-state index in [1.807, 2.05) is 17.1 Å². The second-order valence-corrected chi connectivity index (χ2v) is 4.89. The Labute approximate surface area is 113 Å². The molecule has 4 heteroatoms. The van der Waals surface area contributed by atoms with Gasteiger partial charge in [-0.25, -0.2) is 4.98 Å². The Morgan fingerprint density at radius 1 is 1.37 bits per heavy atom. The zero-order chi connectivity index (χ0) is 12.9. The van der Waals surface area contributed by atoms with Crippen LogP contribution in [0.25, 0.3) is 5.69 Å². The number of para-hydroxylation sites is 1. The van der Waals surface area contributed by atoms with Gasteiger partial charge in [-0.2, -0.15) is 0 Å². The molecule has 1 aliphatic rings. The van der Waals surface area contributed by atoms with Crippen LogP contribution in [0.5, 0.6) is 0 Å². The van der Waals surface area contributed by atoms with E-state index in [0.29, 0.717) is 6.04 Å². The quantitative estimate of drug-likeness (QED) is 0.912. The maximum atomic E-state index is 5.50. The molecule has 3 rings (SSSR count). The minimum absolute atomic E-state index is 0.476. The fourth-order valence-electron chi connectivity index (χ4n) is 2.47. The van der Waals surface area contributed by atoms with Crippen LogP contribution in [0.1, 0.15) is 18.4 Å². The van der Waals surface area contributed by atoms with E-state index in [2.05, 4.69) is 34.6 Å². The third-order valence-electron chi connectivity index (χ3n) is 3.52. The van der Waals surface area contributed by atoms with Gasteiger partial charge in [0.2, 0.25) is 0 Å². The van der Waals surface area contributed by atoms with Gasteiger partial charge in [0.15, 0.2) is 0 Å². The molecular weight excluding hydrogens is 238 g/mol. The Morgan fingerprint density at radius 2 is 2.32 bits per heavy atom. The predicted molar refractivity (Wildman–Crippen MR) is 74.2 cm³/mol. The van der Waals surface area contributed by atoms with Crippen LogP contribution in [0.15, 0.2) is 43.0 Å². The van der Waals surface area contributed by atoms with Crippen molar-refractivity contribution in [1.82, 2.24) is 14.9 Å². The summed E-state index contributed by atoms with van der Waals surface area (Å²) < 4.78 is 7.55. The van der Waals surface area contributed by atoms with Gasteiger partial charge in [0.25, 0.3) is 0 Å². The maximum Gasteiger partial charge on any atom is 0.0991 e. The van der Waals surface area contributed by atoms with Crippen molar-refractivity contribution in [3.63, 3.8) is 0 Å². The van der Waals surface area contributed by atoms with E-state index in [1.165, 1.54) is 17.7 Å². The van der Waals surface area contributed by atoms with Crippen LogP contribution in [0.2, 0.25) is 0 Å². The van der Waals surface area contributed by atoms with Gasteiger partial charge in [0, 0.05) is 31.6 Å². The summed E-state index contributed by atoms with van der Waals surface area (Å²) in [5.41, 5.74) is 2.47. The van der Waals surface area contributed by atoms with Crippen molar-refractivity contribution >= 4 is 0 Å². The van der Waals surface area contributed by atoms with Gasteiger partial charge in [0.1, 0.15) is 0 Å². The monoisotopic (exact) mass is 257 g/mol. The van der Waals surface area contributed by atoms with Gasteiger partial charge < -0.3 is 14.6 Å². The number of nitrogens with one attached hydrogen (secondary N) is 1. The molecule has 19 heavy (non-hydrogen) atoms. The normalized spacial score (nSPS) is 19.5. The summed E-state index contributed by atoms with van der Waals surface area (Å²) in [6.07, 6.45) is 7.97. The Kier molecular flexibility index (Phi) is 3.91. The lowest BCUT2D eigenvalue weighted by molar-refractivity contribution is 0.0699. The molecule has 1 fully saturated rings. The molecule has 0 radical (unpaired) electrons. The van der Waals surface area contributed by atoms with Gasteiger partial charge in [-0.05, 0) is 24.5 Å². The molecule has 2 heterocycles. The number of hydrogen-bond donors (Lipinski definition) is 1. The highest BCUT2D eigenvalue weighted by Crippen LogP contribution is 2.15. The second kappa shape index (κ2) is 5.99. The lowest BCUT2D eigenvalue weighted by atomic mass is 10.1. The van der Waals surface area contributed by atoms with E-state index >= 15 is 0 Å². The highest BCUT2D eigenvalue weighted by molar-refractivity contribution is 5.40. The predicted octanol–water partition coefficient (Wildman–Crippen LogP) is 2.14. The fourth-order valence-corrected chi connectivity index (χ4v) is 2.47. The van der Waals surface area contributed by atoms with E-state index in [4.69, 9.17) is 4.74 Å². The first-order valence-electron chi connectivity index (χ1n) is 6.81. The topological polar surface area (TPSA) is 39.1 Å². The number of benzene rings is 1. The van der Waals surface area contributed by atoms with E-state index in [0.717, 1.165) is 26.2 Å². The SMILES string of the molecule is c1ccc(-n2ccnc2)c(CNC2CCCOC2)c1. The van der Waals surface area contributed by atoms with Gasteiger partial charge >= 0.3 is 0 Å².